The van der Waals surface area contributed by atoms with Crippen molar-refractivity contribution in [3.05, 3.63) is 59.8 Å². The summed E-state index contributed by atoms with van der Waals surface area (Å²) < 4.78 is 25.5. The smallest absolute Gasteiger partial charge is 0.230 e. The lowest BCUT2D eigenvalue weighted by Crippen LogP contribution is -2.48. The van der Waals surface area contributed by atoms with Gasteiger partial charge in [0, 0.05) is 24.5 Å². The lowest BCUT2D eigenvalue weighted by molar-refractivity contribution is -0.121. The summed E-state index contributed by atoms with van der Waals surface area (Å²) in [6, 6.07) is 13.8. The van der Waals surface area contributed by atoms with E-state index in [9.17, 15) is 13.2 Å². The first-order valence-corrected chi connectivity index (χ1v) is 12.7. The van der Waals surface area contributed by atoms with Crippen molar-refractivity contribution in [2.45, 2.75) is 24.0 Å². The molecule has 1 aliphatic heterocycles. The third kappa shape index (κ3) is 5.30. The number of aromatic nitrogens is 2. The largest absolute Gasteiger partial charge is 0.338 e. The number of nitrogens with zero attached hydrogens (tertiary/aromatic N) is 2. The van der Waals surface area contributed by atoms with E-state index < -0.39 is 15.1 Å². The Kier molecular flexibility index (Phi) is 7.01. The van der Waals surface area contributed by atoms with Crippen molar-refractivity contribution in [3.63, 3.8) is 0 Å². The normalized spacial score (nSPS) is 13.9. The van der Waals surface area contributed by atoms with Crippen molar-refractivity contribution < 1.29 is 13.2 Å². The molecule has 11 heteroatoms. The van der Waals surface area contributed by atoms with Crippen LogP contribution in [0.5, 0.6) is 0 Å². The molecule has 0 unspecified atom stereocenters. The molecule has 0 spiro atoms. The van der Waals surface area contributed by atoms with Crippen molar-refractivity contribution in [3.8, 4) is 0 Å². The molecular formula is C23H25ClN6O3S. The van der Waals surface area contributed by atoms with Crippen LogP contribution in [0, 0.1) is 5.92 Å². The van der Waals surface area contributed by atoms with Gasteiger partial charge in [0.05, 0.1) is 27.9 Å². The number of para-hydroxylation sites is 1. The molecule has 0 saturated carbocycles. The maximum Gasteiger partial charge on any atom is 0.230 e. The highest BCUT2D eigenvalue weighted by atomic mass is 35.5. The van der Waals surface area contributed by atoms with Crippen LogP contribution in [0.2, 0.25) is 5.02 Å². The van der Waals surface area contributed by atoms with Crippen LogP contribution in [-0.4, -0.2) is 42.6 Å². The molecule has 3 aromatic rings. The summed E-state index contributed by atoms with van der Waals surface area (Å²) in [7, 11) is -3.52. The summed E-state index contributed by atoms with van der Waals surface area (Å²) in [4.78, 5) is 21.0. The Morgan fingerprint density at radius 1 is 1.09 bits per heavy atom. The van der Waals surface area contributed by atoms with Crippen LogP contribution in [0.15, 0.2) is 59.6 Å². The molecule has 1 aliphatic rings. The van der Waals surface area contributed by atoms with E-state index in [1.807, 2.05) is 6.07 Å². The number of sulfone groups is 1. The van der Waals surface area contributed by atoms with Gasteiger partial charge in [-0.25, -0.2) is 13.4 Å². The van der Waals surface area contributed by atoms with Crippen LogP contribution in [0.3, 0.4) is 0 Å². The molecule has 0 bridgehead atoms. The van der Waals surface area contributed by atoms with Crippen LogP contribution in [0.25, 0.3) is 0 Å². The lowest BCUT2D eigenvalue weighted by Gasteiger charge is -2.25. The molecule has 0 aliphatic carbocycles. The number of hydrogen-bond donors (Lipinski definition) is 4. The van der Waals surface area contributed by atoms with E-state index in [0.29, 0.717) is 30.2 Å². The van der Waals surface area contributed by atoms with E-state index in [1.54, 1.807) is 56.3 Å². The van der Waals surface area contributed by atoms with E-state index in [-0.39, 0.29) is 33.5 Å². The van der Waals surface area contributed by atoms with Crippen molar-refractivity contribution in [2.75, 3.05) is 29.0 Å². The highest BCUT2D eigenvalue weighted by Gasteiger charge is 2.25. The van der Waals surface area contributed by atoms with Gasteiger partial charge in [0.2, 0.25) is 11.9 Å². The fourth-order valence-corrected chi connectivity index (χ4v) is 4.58. The van der Waals surface area contributed by atoms with Crippen molar-refractivity contribution in [1.29, 1.82) is 0 Å². The van der Waals surface area contributed by atoms with Crippen LogP contribution >= 0.6 is 11.6 Å². The number of carbonyl (C=O) groups is 1. The van der Waals surface area contributed by atoms with Gasteiger partial charge in [-0.05, 0) is 44.2 Å². The van der Waals surface area contributed by atoms with E-state index in [2.05, 4.69) is 31.2 Å². The molecule has 1 fully saturated rings. The summed E-state index contributed by atoms with van der Waals surface area (Å²) in [6.07, 6.45) is 1.42. The maximum atomic E-state index is 12.8. The Hall–Kier alpha value is -3.21. The second kappa shape index (κ2) is 9.96. The van der Waals surface area contributed by atoms with Crippen molar-refractivity contribution >= 4 is 56.2 Å². The summed E-state index contributed by atoms with van der Waals surface area (Å²) >= 11 is 6.29. The molecule has 178 valence electrons. The van der Waals surface area contributed by atoms with Gasteiger partial charge in [-0.15, -0.1) is 0 Å². The van der Waals surface area contributed by atoms with Crippen molar-refractivity contribution in [2.24, 2.45) is 5.92 Å². The molecule has 9 nitrogen and oxygen atoms in total. The van der Waals surface area contributed by atoms with Gasteiger partial charge >= 0.3 is 0 Å². The number of carbonyl (C=O) groups excluding carboxylic acids is 1. The average Bonchev–Trinajstić information content (AvgIpc) is 2.75. The minimum absolute atomic E-state index is 0.0211. The quantitative estimate of drug-likeness (QED) is 0.366. The Morgan fingerprint density at radius 2 is 1.82 bits per heavy atom. The molecule has 2 heterocycles. The topological polar surface area (TPSA) is 125 Å². The standard InChI is InChI=1S/C23H25ClN6O3S/c1-14(2)34(32,33)20-9-4-3-8-19(20)29-21-18(24)13-26-23(30-21)28-17-7-5-6-16(10-17)27-22(31)15-11-25-12-15/h3-10,13-15,25H,11-12H2,1-2H3,(H,27,31)(H2,26,28,29,30). The summed E-state index contributed by atoms with van der Waals surface area (Å²) in [6.45, 7) is 4.62. The summed E-state index contributed by atoms with van der Waals surface area (Å²) in [5.74, 6) is 0.461. The van der Waals surface area contributed by atoms with Gasteiger partial charge in [-0.2, -0.15) is 4.98 Å². The third-order valence-electron chi connectivity index (χ3n) is 5.35. The van der Waals surface area contributed by atoms with Gasteiger partial charge in [0.25, 0.3) is 0 Å². The first-order chi connectivity index (χ1) is 16.2. The molecule has 0 atom stereocenters. The predicted octanol–water partition coefficient (Wildman–Crippen LogP) is 3.96. The molecule has 34 heavy (non-hydrogen) atoms. The number of nitrogens with one attached hydrogen (secondary N) is 4. The number of amides is 1. The Balaban J connectivity index is 1.54. The molecule has 1 aromatic heterocycles. The Labute approximate surface area is 203 Å². The second-order valence-corrected chi connectivity index (χ2v) is 11.0. The highest BCUT2D eigenvalue weighted by molar-refractivity contribution is 7.92. The molecular weight excluding hydrogens is 476 g/mol. The van der Waals surface area contributed by atoms with E-state index in [4.69, 9.17) is 11.6 Å². The van der Waals surface area contributed by atoms with Gasteiger partial charge in [0.1, 0.15) is 5.02 Å². The minimum atomic E-state index is -3.52. The predicted molar refractivity (Wildman–Crippen MR) is 134 cm³/mol. The zero-order chi connectivity index (χ0) is 24.3. The fourth-order valence-electron chi connectivity index (χ4n) is 3.24. The second-order valence-electron chi connectivity index (χ2n) is 8.16. The molecule has 4 rings (SSSR count). The number of hydrogen-bond acceptors (Lipinski definition) is 8. The summed E-state index contributed by atoms with van der Waals surface area (Å²) in [5.41, 5.74) is 1.69. The summed E-state index contributed by atoms with van der Waals surface area (Å²) in [5, 5.41) is 11.7. The number of benzene rings is 2. The average molecular weight is 501 g/mol. The zero-order valence-electron chi connectivity index (χ0n) is 18.7. The molecule has 2 aromatic carbocycles. The number of rotatable bonds is 8. The Bertz CT molecular complexity index is 1310. The van der Waals surface area contributed by atoms with Gasteiger partial charge in [-0.3, -0.25) is 4.79 Å². The fraction of sp³-hybridized carbons (Fsp3) is 0.261. The molecule has 0 radical (unpaired) electrons. The number of anilines is 5. The number of halogens is 1. The maximum absolute atomic E-state index is 12.8. The van der Waals surface area contributed by atoms with Crippen molar-refractivity contribution in [1.82, 2.24) is 15.3 Å². The highest BCUT2D eigenvalue weighted by Crippen LogP contribution is 2.30. The molecule has 1 amide bonds. The van der Waals surface area contributed by atoms with Crippen LogP contribution < -0.4 is 21.3 Å². The monoisotopic (exact) mass is 500 g/mol. The third-order valence-corrected chi connectivity index (χ3v) is 7.84. The van der Waals surface area contributed by atoms with E-state index in [0.717, 1.165) is 0 Å². The van der Waals surface area contributed by atoms with E-state index >= 15 is 0 Å². The van der Waals surface area contributed by atoms with Gasteiger partial charge in [-0.1, -0.05) is 29.8 Å². The van der Waals surface area contributed by atoms with Crippen LogP contribution in [0.1, 0.15) is 13.8 Å². The lowest BCUT2D eigenvalue weighted by atomic mass is 10.0. The van der Waals surface area contributed by atoms with E-state index in [1.165, 1.54) is 6.20 Å². The molecule has 1 saturated heterocycles. The van der Waals surface area contributed by atoms with Gasteiger partial charge < -0.3 is 21.3 Å². The first kappa shape index (κ1) is 23.9. The molecule has 4 N–H and O–H groups in total. The SMILES string of the molecule is CC(C)S(=O)(=O)c1ccccc1Nc1nc(Nc2cccc(NC(=O)C3CNC3)c2)ncc1Cl. The zero-order valence-corrected chi connectivity index (χ0v) is 20.2. The first-order valence-electron chi connectivity index (χ1n) is 10.7. The van der Waals surface area contributed by atoms with Crippen LogP contribution in [0.4, 0.5) is 28.8 Å². The van der Waals surface area contributed by atoms with Crippen LogP contribution in [-0.2, 0) is 14.6 Å². The van der Waals surface area contributed by atoms with Gasteiger partial charge in [0.15, 0.2) is 15.7 Å². The Morgan fingerprint density at radius 3 is 2.53 bits per heavy atom. The minimum Gasteiger partial charge on any atom is -0.338 e.